The summed E-state index contributed by atoms with van der Waals surface area (Å²) in [7, 11) is 4.81. The molecule has 3 atom stereocenters. The summed E-state index contributed by atoms with van der Waals surface area (Å²) in [5, 5.41) is 8.86. The van der Waals surface area contributed by atoms with Gasteiger partial charge in [-0.3, -0.25) is 4.79 Å². The van der Waals surface area contributed by atoms with E-state index in [-0.39, 0.29) is 23.6 Å². The molecule has 3 aromatic rings. The number of nitrogens with zero attached hydrogens (tertiary/aromatic N) is 3. The molecule has 1 amide bonds. The van der Waals surface area contributed by atoms with E-state index in [1.165, 1.54) is 20.3 Å². The van der Waals surface area contributed by atoms with Crippen LogP contribution in [-0.4, -0.2) is 81.2 Å². The molecule has 42 heavy (non-hydrogen) atoms. The number of anilines is 2. The monoisotopic (exact) mass is 615 g/mol. The van der Waals surface area contributed by atoms with Gasteiger partial charge in [0.25, 0.3) is 0 Å². The molecule has 1 unspecified atom stereocenters. The van der Waals surface area contributed by atoms with Crippen LogP contribution in [0.4, 0.5) is 11.6 Å². The summed E-state index contributed by atoms with van der Waals surface area (Å²) in [6.07, 6.45) is 4.58. The predicted molar refractivity (Wildman–Crippen MR) is 165 cm³/mol. The number of amides is 1. The molecule has 0 bridgehead atoms. The van der Waals surface area contributed by atoms with Crippen LogP contribution >= 0.6 is 23.2 Å². The lowest BCUT2D eigenvalue weighted by molar-refractivity contribution is -0.117. The van der Waals surface area contributed by atoms with E-state index in [0.29, 0.717) is 64.8 Å². The number of pyridine rings is 2. The van der Waals surface area contributed by atoms with E-state index < -0.39 is 0 Å². The Bertz CT molecular complexity index is 1480. The third kappa shape index (κ3) is 5.94. The summed E-state index contributed by atoms with van der Waals surface area (Å²) in [6, 6.07) is 5.23. The Morgan fingerprint density at radius 2 is 1.90 bits per heavy atom. The highest BCUT2D eigenvalue weighted by Crippen LogP contribution is 2.47. The number of fused-ring (bicyclic) bond motifs is 1. The van der Waals surface area contributed by atoms with E-state index in [1.54, 1.807) is 19.4 Å². The van der Waals surface area contributed by atoms with Gasteiger partial charge in [-0.15, -0.1) is 0 Å². The van der Waals surface area contributed by atoms with Crippen LogP contribution < -0.4 is 25.0 Å². The Morgan fingerprint density at radius 1 is 1.17 bits per heavy atom. The van der Waals surface area contributed by atoms with Crippen LogP contribution in [0.25, 0.3) is 22.0 Å². The molecule has 2 N–H and O–H groups in total. The first kappa shape index (κ1) is 30.2. The maximum absolute atomic E-state index is 12.0. The maximum Gasteiger partial charge on any atom is 0.243 e. The van der Waals surface area contributed by atoms with Crippen molar-refractivity contribution < 1.29 is 23.7 Å². The molecule has 224 valence electrons. The summed E-state index contributed by atoms with van der Waals surface area (Å²) in [4.78, 5) is 24.1. The minimum absolute atomic E-state index is 0.130. The molecule has 1 aromatic carbocycles. The zero-order valence-corrected chi connectivity index (χ0v) is 25.6. The van der Waals surface area contributed by atoms with Gasteiger partial charge >= 0.3 is 0 Å². The number of hydrogen-bond donors (Lipinski definition) is 2. The lowest BCUT2D eigenvalue weighted by Gasteiger charge is -2.33. The molecule has 5 rings (SSSR count). The van der Waals surface area contributed by atoms with E-state index in [9.17, 15) is 4.79 Å². The first-order valence-electron chi connectivity index (χ1n) is 13.7. The van der Waals surface area contributed by atoms with Crippen molar-refractivity contribution in [3.63, 3.8) is 0 Å². The molecule has 0 saturated carbocycles. The number of benzene rings is 1. The predicted octanol–water partition coefficient (Wildman–Crippen LogP) is 5.11. The van der Waals surface area contributed by atoms with Gasteiger partial charge in [0.1, 0.15) is 23.1 Å². The Labute approximate surface area is 255 Å². The van der Waals surface area contributed by atoms with E-state index in [0.717, 1.165) is 29.6 Å². The maximum atomic E-state index is 12.0. The molecule has 2 aliphatic rings. The van der Waals surface area contributed by atoms with Crippen molar-refractivity contribution in [1.29, 1.82) is 0 Å². The standard InChI is InChI=1S/C30H35Cl2N5O5/c1-6-25(38)35-19-7-10-42-15-21(19)34-24-12-18-17(14-33-24)11-20(36-29(18)37-9-8-30(2,16-37)41-5)26-27(31)22(39-3)13-23(40-4)28(26)32/h6,11-14,19,21H,1,7-10,15-16H2,2-5H3,(H,33,34)(H,35,38)/t19-,21+,30?/m0/s1. The van der Waals surface area contributed by atoms with Crippen molar-refractivity contribution in [3.8, 4) is 22.8 Å². The molecule has 4 heterocycles. The Kier molecular flexibility index (Phi) is 8.98. The second kappa shape index (κ2) is 12.5. The van der Waals surface area contributed by atoms with Gasteiger partial charge in [0.05, 0.1) is 54.3 Å². The molecule has 0 radical (unpaired) electrons. The Morgan fingerprint density at radius 3 is 2.55 bits per heavy atom. The zero-order chi connectivity index (χ0) is 30.0. The molecule has 2 saturated heterocycles. The fourth-order valence-electron chi connectivity index (χ4n) is 5.45. The highest BCUT2D eigenvalue weighted by molar-refractivity contribution is 6.41. The van der Waals surface area contributed by atoms with E-state index in [2.05, 4.69) is 29.0 Å². The normalized spacial score (nSPS) is 22.2. The number of carbonyl (C=O) groups is 1. The lowest BCUT2D eigenvalue weighted by Crippen LogP contribution is -2.52. The van der Waals surface area contributed by atoms with Crippen molar-refractivity contribution in [2.24, 2.45) is 0 Å². The summed E-state index contributed by atoms with van der Waals surface area (Å²) in [5.41, 5.74) is 0.752. The van der Waals surface area contributed by atoms with Crippen molar-refractivity contribution in [2.75, 3.05) is 57.8 Å². The molecule has 0 aliphatic carbocycles. The summed E-state index contributed by atoms with van der Waals surface area (Å²) >= 11 is 13.6. The molecule has 10 nitrogen and oxygen atoms in total. The lowest BCUT2D eigenvalue weighted by atomic mass is 10.0. The third-order valence-electron chi connectivity index (χ3n) is 7.95. The number of nitrogens with one attached hydrogen (secondary N) is 2. The minimum Gasteiger partial charge on any atom is -0.495 e. The van der Waals surface area contributed by atoms with Crippen molar-refractivity contribution in [1.82, 2.24) is 15.3 Å². The average Bonchev–Trinajstić information content (AvgIpc) is 3.40. The van der Waals surface area contributed by atoms with Crippen LogP contribution in [0, 0.1) is 0 Å². The molecular weight excluding hydrogens is 581 g/mol. The van der Waals surface area contributed by atoms with Gasteiger partial charge in [0.15, 0.2) is 0 Å². The molecule has 12 heteroatoms. The Hall–Kier alpha value is -3.31. The van der Waals surface area contributed by atoms with Crippen molar-refractivity contribution in [2.45, 2.75) is 37.5 Å². The fourth-order valence-corrected chi connectivity index (χ4v) is 6.15. The van der Waals surface area contributed by atoms with Crippen LogP contribution in [0.3, 0.4) is 0 Å². The third-order valence-corrected chi connectivity index (χ3v) is 8.71. The second-order valence-electron chi connectivity index (χ2n) is 10.7. The summed E-state index contributed by atoms with van der Waals surface area (Å²) in [6.45, 7) is 8.05. The number of aromatic nitrogens is 2. The van der Waals surface area contributed by atoms with Gasteiger partial charge in [-0.05, 0) is 38.0 Å². The number of halogens is 2. The van der Waals surface area contributed by atoms with Gasteiger partial charge in [-0.25, -0.2) is 9.97 Å². The molecule has 2 aromatic heterocycles. The molecular formula is C30H35Cl2N5O5. The van der Waals surface area contributed by atoms with Crippen LogP contribution in [-0.2, 0) is 14.3 Å². The number of carbonyl (C=O) groups excluding carboxylic acids is 1. The number of ether oxygens (including phenoxy) is 4. The largest absolute Gasteiger partial charge is 0.495 e. The van der Waals surface area contributed by atoms with E-state index in [1.807, 2.05) is 12.1 Å². The van der Waals surface area contributed by atoms with E-state index >= 15 is 0 Å². The number of methoxy groups -OCH3 is 3. The highest BCUT2D eigenvalue weighted by Gasteiger charge is 2.35. The topological polar surface area (TPSA) is 107 Å². The van der Waals surface area contributed by atoms with Crippen molar-refractivity contribution >= 4 is 51.5 Å². The van der Waals surface area contributed by atoms with Gasteiger partial charge in [0.2, 0.25) is 5.91 Å². The Balaban J connectivity index is 1.61. The zero-order valence-electron chi connectivity index (χ0n) is 24.1. The highest BCUT2D eigenvalue weighted by atomic mass is 35.5. The number of hydrogen-bond acceptors (Lipinski definition) is 9. The van der Waals surface area contributed by atoms with Gasteiger partial charge < -0.3 is 34.5 Å². The van der Waals surface area contributed by atoms with Gasteiger partial charge in [-0.1, -0.05) is 29.8 Å². The quantitative estimate of drug-likeness (QED) is 0.318. The van der Waals surface area contributed by atoms with Crippen LogP contribution in [0.2, 0.25) is 10.0 Å². The van der Waals surface area contributed by atoms with Crippen LogP contribution in [0.1, 0.15) is 19.8 Å². The summed E-state index contributed by atoms with van der Waals surface area (Å²) in [5.74, 6) is 2.02. The SMILES string of the molecule is C=CC(=O)N[C@H]1CCOC[C@H]1Nc1cc2c(N3CCC(C)(OC)C3)nc(-c3c(Cl)c(OC)cc(OC)c3Cl)cc2cn1. The van der Waals surface area contributed by atoms with E-state index in [4.69, 9.17) is 52.1 Å². The molecule has 2 fully saturated rings. The first-order chi connectivity index (χ1) is 20.2. The van der Waals surface area contributed by atoms with Crippen LogP contribution in [0.5, 0.6) is 11.5 Å². The first-order valence-corrected chi connectivity index (χ1v) is 14.4. The number of rotatable bonds is 9. The van der Waals surface area contributed by atoms with Crippen LogP contribution in [0.15, 0.2) is 37.1 Å². The van der Waals surface area contributed by atoms with Crippen molar-refractivity contribution in [3.05, 3.63) is 47.1 Å². The smallest absolute Gasteiger partial charge is 0.243 e. The average molecular weight is 617 g/mol. The molecule has 0 spiro atoms. The minimum atomic E-state index is -0.317. The second-order valence-corrected chi connectivity index (χ2v) is 11.4. The van der Waals surface area contributed by atoms with Gasteiger partial charge in [0, 0.05) is 55.4 Å². The molecule has 2 aliphatic heterocycles. The van der Waals surface area contributed by atoms with Gasteiger partial charge in [-0.2, -0.15) is 0 Å². The summed E-state index contributed by atoms with van der Waals surface area (Å²) < 4.78 is 22.5. The fraction of sp³-hybridized carbons (Fsp3) is 0.433.